The van der Waals surface area contributed by atoms with Gasteiger partial charge in [0.25, 0.3) is 0 Å². The summed E-state index contributed by atoms with van der Waals surface area (Å²) >= 11 is 0. The SMILES string of the molecule is CC(C)Cc1cccc(C(C)(C)C)c1O. The highest BCUT2D eigenvalue weighted by atomic mass is 16.3. The zero-order chi connectivity index (χ0) is 11.6. The number of hydrogen-bond donors (Lipinski definition) is 1. The number of hydrogen-bond acceptors (Lipinski definition) is 1. The molecule has 0 heterocycles. The minimum Gasteiger partial charge on any atom is -0.507 e. The second kappa shape index (κ2) is 4.26. The van der Waals surface area contributed by atoms with E-state index in [0.29, 0.717) is 11.7 Å². The monoisotopic (exact) mass is 206 g/mol. The summed E-state index contributed by atoms with van der Waals surface area (Å²) in [6, 6.07) is 6.07. The predicted octanol–water partition coefficient (Wildman–Crippen LogP) is 3.89. The van der Waals surface area contributed by atoms with Crippen LogP contribution >= 0.6 is 0 Å². The molecule has 0 aromatic heterocycles. The molecule has 84 valence electrons. The van der Waals surface area contributed by atoms with Gasteiger partial charge in [0.1, 0.15) is 5.75 Å². The lowest BCUT2D eigenvalue weighted by atomic mass is 9.84. The van der Waals surface area contributed by atoms with Crippen LogP contribution in [-0.4, -0.2) is 5.11 Å². The van der Waals surface area contributed by atoms with Gasteiger partial charge in [-0.15, -0.1) is 0 Å². The largest absolute Gasteiger partial charge is 0.507 e. The van der Waals surface area contributed by atoms with E-state index in [1.807, 2.05) is 18.2 Å². The average Bonchev–Trinajstić information content (AvgIpc) is 2.05. The highest BCUT2D eigenvalue weighted by Crippen LogP contribution is 2.33. The molecule has 1 N–H and O–H groups in total. The Morgan fingerprint density at radius 1 is 1.20 bits per heavy atom. The Morgan fingerprint density at radius 3 is 2.27 bits per heavy atom. The number of aromatic hydroxyl groups is 1. The van der Waals surface area contributed by atoms with Gasteiger partial charge in [-0.2, -0.15) is 0 Å². The topological polar surface area (TPSA) is 20.2 Å². The van der Waals surface area contributed by atoms with Gasteiger partial charge in [0.2, 0.25) is 0 Å². The van der Waals surface area contributed by atoms with Crippen molar-refractivity contribution in [3.05, 3.63) is 29.3 Å². The molecule has 1 heteroatoms. The first-order chi connectivity index (χ1) is 6.82. The van der Waals surface area contributed by atoms with Crippen LogP contribution in [0.5, 0.6) is 5.75 Å². The van der Waals surface area contributed by atoms with E-state index in [4.69, 9.17) is 0 Å². The van der Waals surface area contributed by atoms with Crippen LogP contribution in [-0.2, 0) is 11.8 Å². The molecule has 1 rings (SSSR count). The van der Waals surface area contributed by atoms with Gasteiger partial charge in [0.05, 0.1) is 0 Å². The third kappa shape index (κ3) is 2.98. The number of rotatable bonds is 2. The standard InChI is InChI=1S/C14H22O/c1-10(2)9-11-7-6-8-12(13(11)15)14(3,4)5/h6-8,10,15H,9H2,1-5H3. The first-order valence-corrected chi connectivity index (χ1v) is 5.63. The van der Waals surface area contributed by atoms with Crippen molar-refractivity contribution in [2.45, 2.75) is 46.5 Å². The first kappa shape index (κ1) is 12.1. The number of phenols is 1. The fourth-order valence-electron chi connectivity index (χ4n) is 1.80. The fraction of sp³-hybridized carbons (Fsp3) is 0.571. The lowest BCUT2D eigenvalue weighted by Crippen LogP contribution is -2.12. The van der Waals surface area contributed by atoms with Gasteiger partial charge in [-0.25, -0.2) is 0 Å². The van der Waals surface area contributed by atoms with Crippen LogP contribution in [0.25, 0.3) is 0 Å². The summed E-state index contributed by atoms with van der Waals surface area (Å²) in [5.74, 6) is 1.06. The molecule has 15 heavy (non-hydrogen) atoms. The van der Waals surface area contributed by atoms with Gasteiger partial charge >= 0.3 is 0 Å². The molecule has 0 radical (unpaired) electrons. The molecule has 0 aliphatic carbocycles. The molecule has 0 saturated carbocycles. The number of phenolic OH excluding ortho intramolecular Hbond substituents is 1. The first-order valence-electron chi connectivity index (χ1n) is 5.63. The summed E-state index contributed by atoms with van der Waals surface area (Å²) in [7, 11) is 0. The maximum Gasteiger partial charge on any atom is 0.122 e. The van der Waals surface area contributed by atoms with E-state index < -0.39 is 0 Å². The van der Waals surface area contributed by atoms with E-state index in [9.17, 15) is 5.11 Å². The molecule has 0 aliphatic rings. The summed E-state index contributed by atoms with van der Waals surface area (Å²) in [6.45, 7) is 10.7. The maximum absolute atomic E-state index is 10.2. The zero-order valence-electron chi connectivity index (χ0n) is 10.5. The van der Waals surface area contributed by atoms with Gasteiger partial charge in [-0.3, -0.25) is 0 Å². The van der Waals surface area contributed by atoms with Gasteiger partial charge in [0.15, 0.2) is 0 Å². The lowest BCUT2D eigenvalue weighted by molar-refractivity contribution is 0.436. The smallest absolute Gasteiger partial charge is 0.122 e. The van der Waals surface area contributed by atoms with Crippen LogP contribution < -0.4 is 0 Å². The maximum atomic E-state index is 10.2. The van der Waals surface area contributed by atoms with Crippen LogP contribution in [0.2, 0.25) is 0 Å². The molecule has 0 spiro atoms. The Kier molecular flexibility index (Phi) is 3.43. The molecule has 1 aromatic carbocycles. The van der Waals surface area contributed by atoms with Gasteiger partial charge in [0, 0.05) is 0 Å². The van der Waals surface area contributed by atoms with Crippen molar-refractivity contribution in [3.63, 3.8) is 0 Å². The van der Waals surface area contributed by atoms with Crippen LogP contribution in [0.1, 0.15) is 45.7 Å². The molecule has 1 aromatic rings. The van der Waals surface area contributed by atoms with Crippen LogP contribution in [0, 0.1) is 5.92 Å². The van der Waals surface area contributed by atoms with Gasteiger partial charge in [-0.05, 0) is 28.9 Å². The number of benzene rings is 1. The van der Waals surface area contributed by atoms with Crippen LogP contribution in [0.15, 0.2) is 18.2 Å². The molecule has 0 unspecified atom stereocenters. The van der Waals surface area contributed by atoms with Gasteiger partial charge in [-0.1, -0.05) is 52.8 Å². The van der Waals surface area contributed by atoms with Crippen LogP contribution in [0.3, 0.4) is 0 Å². The Morgan fingerprint density at radius 2 is 1.80 bits per heavy atom. The Labute approximate surface area is 93.1 Å². The molecular formula is C14H22O. The quantitative estimate of drug-likeness (QED) is 0.778. The summed E-state index contributed by atoms with van der Waals surface area (Å²) in [4.78, 5) is 0. The van der Waals surface area contributed by atoms with Crippen molar-refractivity contribution < 1.29 is 5.11 Å². The van der Waals surface area contributed by atoms with Crippen molar-refractivity contribution in [2.75, 3.05) is 0 Å². The van der Waals surface area contributed by atoms with E-state index in [-0.39, 0.29) is 5.41 Å². The Bertz CT molecular complexity index is 332. The Balaban J connectivity index is 3.12. The second-order valence-corrected chi connectivity index (χ2v) is 5.66. The average molecular weight is 206 g/mol. The molecule has 0 aliphatic heterocycles. The number of para-hydroxylation sites is 1. The van der Waals surface area contributed by atoms with E-state index in [0.717, 1.165) is 17.5 Å². The summed E-state index contributed by atoms with van der Waals surface area (Å²) in [5, 5.41) is 10.2. The van der Waals surface area contributed by atoms with Crippen molar-refractivity contribution in [1.29, 1.82) is 0 Å². The lowest BCUT2D eigenvalue weighted by Gasteiger charge is -2.22. The van der Waals surface area contributed by atoms with E-state index in [1.54, 1.807) is 0 Å². The molecule has 0 bridgehead atoms. The minimum absolute atomic E-state index is 0.0110. The van der Waals surface area contributed by atoms with Gasteiger partial charge < -0.3 is 5.11 Å². The molecule has 0 amide bonds. The summed E-state index contributed by atoms with van der Waals surface area (Å²) < 4.78 is 0. The van der Waals surface area contributed by atoms with Crippen molar-refractivity contribution in [2.24, 2.45) is 5.92 Å². The molecular weight excluding hydrogens is 184 g/mol. The van der Waals surface area contributed by atoms with E-state index in [1.165, 1.54) is 0 Å². The van der Waals surface area contributed by atoms with Crippen molar-refractivity contribution >= 4 is 0 Å². The fourth-order valence-corrected chi connectivity index (χ4v) is 1.80. The third-order valence-corrected chi connectivity index (χ3v) is 2.56. The predicted molar refractivity (Wildman–Crippen MR) is 65.3 cm³/mol. The van der Waals surface area contributed by atoms with Crippen LogP contribution in [0.4, 0.5) is 0 Å². The molecule has 1 nitrogen and oxygen atoms in total. The van der Waals surface area contributed by atoms with Crippen molar-refractivity contribution in [3.8, 4) is 5.75 Å². The summed E-state index contributed by atoms with van der Waals surface area (Å²) in [5.41, 5.74) is 2.12. The third-order valence-electron chi connectivity index (χ3n) is 2.56. The Hall–Kier alpha value is -0.980. The molecule has 0 saturated heterocycles. The van der Waals surface area contributed by atoms with E-state index >= 15 is 0 Å². The minimum atomic E-state index is 0.0110. The second-order valence-electron chi connectivity index (χ2n) is 5.66. The molecule has 0 fully saturated rings. The normalized spacial score (nSPS) is 12.1. The summed E-state index contributed by atoms with van der Waals surface area (Å²) in [6.07, 6.45) is 0.940. The highest BCUT2D eigenvalue weighted by Gasteiger charge is 2.19. The highest BCUT2D eigenvalue weighted by molar-refractivity contribution is 5.44. The van der Waals surface area contributed by atoms with E-state index in [2.05, 4.69) is 34.6 Å². The zero-order valence-corrected chi connectivity index (χ0v) is 10.5. The molecule has 0 atom stereocenters. The van der Waals surface area contributed by atoms with Crippen molar-refractivity contribution in [1.82, 2.24) is 0 Å².